The number of carbonyl (C=O) groups is 1. The van der Waals surface area contributed by atoms with E-state index in [2.05, 4.69) is 10.3 Å². The molecule has 7 nitrogen and oxygen atoms in total. The summed E-state index contributed by atoms with van der Waals surface area (Å²) in [4.78, 5) is 16.7. The van der Waals surface area contributed by atoms with Gasteiger partial charge in [-0.3, -0.25) is 9.10 Å². The smallest absolute Gasteiger partial charge is 0.264 e. The number of amides is 1. The molecule has 0 aliphatic carbocycles. The Hall–Kier alpha value is -2.84. The molecule has 0 saturated carbocycles. The highest BCUT2D eigenvalue weighted by Crippen LogP contribution is 2.28. The Labute approximate surface area is 181 Å². The van der Waals surface area contributed by atoms with Crippen LogP contribution in [0, 0.1) is 6.92 Å². The van der Waals surface area contributed by atoms with Crippen LogP contribution >= 0.6 is 11.6 Å². The number of nitrogens with one attached hydrogen (secondary N) is 1. The molecule has 30 heavy (non-hydrogen) atoms. The molecule has 3 aromatic rings. The first-order valence-electron chi connectivity index (χ1n) is 9.44. The van der Waals surface area contributed by atoms with Gasteiger partial charge in [-0.1, -0.05) is 29.8 Å². The van der Waals surface area contributed by atoms with Crippen molar-refractivity contribution in [2.24, 2.45) is 0 Å². The van der Waals surface area contributed by atoms with Gasteiger partial charge in [0.25, 0.3) is 10.0 Å². The minimum Gasteiger partial charge on any atom is -0.354 e. The van der Waals surface area contributed by atoms with E-state index < -0.39 is 10.0 Å². The average Bonchev–Trinajstić information content (AvgIpc) is 3.24. The SMILES string of the molecule is Cc1cc(Cl)ccc1N(CC(=O)NCCCn1ccnc1)S(=O)(=O)c1ccccc1. The molecule has 0 saturated heterocycles. The molecule has 1 N–H and O–H groups in total. The lowest BCUT2D eigenvalue weighted by Crippen LogP contribution is -2.41. The third-order valence-corrected chi connectivity index (χ3v) is 6.53. The van der Waals surface area contributed by atoms with Crippen molar-refractivity contribution in [3.63, 3.8) is 0 Å². The van der Waals surface area contributed by atoms with Crippen molar-refractivity contribution in [1.29, 1.82) is 0 Å². The van der Waals surface area contributed by atoms with E-state index in [1.165, 1.54) is 12.1 Å². The maximum atomic E-state index is 13.3. The highest BCUT2D eigenvalue weighted by molar-refractivity contribution is 7.92. The van der Waals surface area contributed by atoms with Crippen LogP contribution in [0.4, 0.5) is 5.69 Å². The standard InChI is InChI=1S/C21H23ClN4O3S/c1-17-14-18(22)8-9-20(17)26(30(28,29)19-6-3-2-4-7-19)15-21(27)24-10-5-12-25-13-11-23-16-25/h2-4,6-9,11,13-14,16H,5,10,12,15H2,1H3,(H,24,27). The van der Waals surface area contributed by atoms with Crippen LogP contribution in [0.5, 0.6) is 0 Å². The number of imidazole rings is 1. The number of sulfonamides is 1. The molecular weight excluding hydrogens is 424 g/mol. The van der Waals surface area contributed by atoms with E-state index in [1.807, 2.05) is 10.8 Å². The maximum absolute atomic E-state index is 13.3. The summed E-state index contributed by atoms with van der Waals surface area (Å²) in [5.41, 5.74) is 1.08. The van der Waals surface area contributed by atoms with Gasteiger partial charge in [0.15, 0.2) is 0 Å². The number of carbonyl (C=O) groups excluding carboxylic acids is 1. The molecule has 2 aromatic carbocycles. The molecule has 1 amide bonds. The molecule has 1 heterocycles. The Balaban J connectivity index is 1.76. The van der Waals surface area contributed by atoms with Crippen LogP contribution in [0.2, 0.25) is 5.02 Å². The summed E-state index contributed by atoms with van der Waals surface area (Å²) in [7, 11) is -3.93. The minimum atomic E-state index is -3.93. The summed E-state index contributed by atoms with van der Waals surface area (Å²) in [5, 5.41) is 3.29. The van der Waals surface area contributed by atoms with Gasteiger partial charge in [-0.15, -0.1) is 0 Å². The number of nitrogens with zero attached hydrogens (tertiary/aromatic N) is 3. The van der Waals surface area contributed by atoms with E-state index in [0.717, 1.165) is 4.31 Å². The zero-order chi connectivity index (χ0) is 21.6. The number of rotatable bonds is 9. The molecule has 0 unspecified atom stereocenters. The summed E-state index contributed by atoms with van der Waals surface area (Å²) in [6, 6.07) is 13.0. The van der Waals surface area contributed by atoms with Gasteiger partial charge >= 0.3 is 0 Å². The lowest BCUT2D eigenvalue weighted by Gasteiger charge is -2.25. The zero-order valence-corrected chi connectivity index (χ0v) is 18.1. The Bertz CT molecular complexity index is 1090. The van der Waals surface area contributed by atoms with Crippen molar-refractivity contribution in [1.82, 2.24) is 14.9 Å². The Morgan fingerprint density at radius 1 is 1.20 bits per heavy atom. The van der Waals surface area contributed by atoms with Gasteiger partial charge in [0.1, 0.15) is 6.54 Å². The molecule has 9 heteroatoms. The van der Waals surface area contributed by atoms with E-state index in [0.29, 0.717) is 35.8 Å². The van der Waals surface area contributed by atoms with Gasteiger partial charge in [-0.25, -0.2) is 13.4 Å². The molecule has 0 atom stereocenters. The minimum absolute atomic E-state index is 0.118. The first-order valence-corrected chi connectivity index (χ1v) is 11.3. The van der Waals surface area contributed by atoms with Crippen molar-refractivity contribution < 1.29 is 13.2 Å². The fraction of sp³-hybridized carbons (Fsp3) is 0.238. The fourth-order valence-electron chi connectivity index (χ4n) is 3.01. The number of hydrogen-bond acceptors (Lipinski definition) is 4. The third-order valence-electron chi connectivity index (χ3n) is 4.52. The van der Waals surface area contributed by atoms with E-state index >= 15 is 0 Å². The highest BCUT2D eigenvalue weighted by Gasteiger charge is 2.28. The number of aryl methyl sites for hydroxylation is 2. The molecule has 0 radical (unpaired) electrons. The molecular formula is C21H23ClN4O3S. The van der Waals surface area contributed by atoms with Crippen LogP contribution < -0.4 is 9.62 Å². The summed E-state index contributed by atoms with van der Waals surface area (Å²) < 4.78 is 29.6. The number of halogens is 1. The van der Waals surface area contributed by atoms with E-state index in [-0.39, 0.29) is 17.3 Å². The summed E-state index contributed by atoms with van der Waals surface area (Å²) in [5.74, 6) is -0.380. The molecule has 0 spiro atoms. The maximum Gasteiger partial charge on any atom is 0.264 e. The highest BCUT2D eigenvalue weighted by atomic mass is 35.5. The quantitative estimate of drug-likeness (QED) is 0.511. The fourth-order valence-corrected chi connectivity index (χ4v) is 4.75. The van der Waals surface area contributed by atoms with Crippen LogP contribution in [0.15, 0.2) is 72.1 Å². The van der Waals surface area contributed by atoms with Gasteiger partial charge in [-0.2, -0.15) is 0 Å². The predicted octanol–water partition coefficient (Wildman–Crippen LogP) is 3.25. The molecule has 0 fully saturated rings. The Morgan fingerprint density at radius 3 is 2.63 bits per heavy atom. The van der Waals surface area contributed by atoms with Crippen molar-refractivity contribution in [3.8, 4) is 0 Å². The molecule has 0 aliphatic rings. The first kappa shape index (κ1) is 21.9. The van der Waals surface area contributed by atoms with Gasteiger partial charge in [0.2, 0.25) is 5.91 Å². The van der Waals surface area contributed by atoms with Crippen LogP contribution in [-0.2, 0) is 21.4 Å². The topological polar surface area (TPSA) is 84.3 Å². The van der Waals surface area contributed by atoms with Crippen molar-refractivity contribution in [2.75, 3.05) is 17.4 Å². The monoisotopic (exact) mass is 446 g/mol. The number of anilines is 1. The van der Waals surface area contributed by atoms with E-state index in [4.69, 9.17) is 11.6 Å². The summed E-state index contributed by atoms with van der Waals surface area (Å²) in [6.07, 6.45) is 5.95. The van der Waals surface area contributed by atoms with Crippen LogP contribution in [0.25, 0.3) is 0 Å². The molecule has 1 aromatic heterocycles. The van der Waals surface area contributed by atoms with Gasteiger partial charge in [-0.05, 0) is 49.2 Å². The molecule has 3 rings (SSSR count). The van der Waals surface area contributed by atoms with Crippen molar-refractivity contribution in [3.05, 3.63) is 77.8 Å². The molecule has 0 bridgehead atoms. The second kappa shape index (κ2) is 9.77. The van der Waals surface area contributed by atoms with Crippen molar-refractivity contribution >= 4 is 33.2 Å². The van der Waals surface area contributed by atoms with Crippen LogP contribution in [-0.4, -0.2) is 37.0 Å². The van der Waals surface area contributed by atoms with Gasteiger partial charge < -0.3 is 9.88 Å². The van der Waals surface area contributed by atoms with E-state index in [1.54, 1.807) is 55.8 Å². The average molecular weight is 447 g/mol. The van der Waals surface area contributed by atoms with Gasteiger partial charge in [0.05, 0.1) is 16.9 Å². The second-order valence-electron chi connectivity index (χ2n) is 6.76. The molecule has 0 aliphatic heterocycles. The Kier molecular flexibility index (Phi) is 7.12. The van der Waals surface area contributed by atoms with E-state index in [9.17, 15) is 13.2 Å². The molecule has 158 valence electrons. The Morgan fingerprint density at radius 2 is 1.97 bits per heavy atom. The second-order valence-corrected chi connectivity index (χ2v) is 9.06. The lowest BCUT2D eigenvalue weighted by atomic mass is 10.2. The largest absolute Gasteiger partial charge is 0.354 e. The predicted molar refractivity (Wildman–Crippen MR) is 117 cm³/mol. The number of hydrogen-bond donors (Lipinski definition) is 1. The van der Waals surface area contributed by atoms with Crippen LogP contribution in [0.1, 0.15) is 12.0 Å². The summed E-state index contributed by atoms with van der Waals surface area (Å²) >= 11 is 6.03. The normalized spacial score (nSPS) is 11.3. The summed E-state index contributed by atoms with van der Waals surface area (Å²) in [6.45, 7) is 2.57. The third kappa shape index (κ3) is 5.40. The van der Waals surface area contributed by atoms with Gasteiger partial charge in [0, 0.05) is 30.5 Å². The number of benzene rings is 2. The van der Waals surface area contributed by atoms with Crippen molar-refractivity contribution in [2.45, 2.75) is 24.8 Å². The zero-order valence-electron chi connectivity index (χ0n) is 16.5. The first-order chi connectivity index (χ1) is 14.4. The number of aromatic nitrogens is 2. The van der Waals surface area contributed by atoms with Crippen LogP contribution in [0.3, 0.4) is 0 Å². The lowest BCUT2D eigenvalue weighted by molar-refractivity contribution is -0.119.